The molecule has 3 aromatic rings. The van der Waals surface area contributed by atoms with Gasteiger partial charge in [-0.2, -0.15) is 10.2 Å². The first-order chi connectivity index (χ1) is 16.3. The molecule has 0 unspecified atom stereocenters. The molecule has 2 aliphatic rings. The number of rotatable bonds is 6. The number of aliphatic hydroxyl groups excluding tert-OH is 2. The predicted molar refractivity (Wildman–Crippen MR) is 114 cm³/mol. The molecule has 1 aliphatic heterocycles. The number of benzene rings is 1. The highest BCUT2D eigenvalue weighted by atomic mass is 19.3. The number of hydrogen-bond acceptors (Lipinski definition) is 9. The number of nitrogens with zero attached hydrogens (tertiary/aromatic N) is 5. The monoisotopic (exact) mass is 472 g/mol. The van der Waals surface area contributed by atoms with Crippen LogP contribution >= 0.6 is 0 Å². The first kappa shape index (κ1) is 22.4. The van der Waals surface area contributed by atoms with Gasteiger partial charge in [-0.05, 0) is 24.6 Å². The van der Waals surface area contributed by atoms with Crippen molar-refractivity contribution in [3.63, 3.8) is 0 Å². The van der Waals surface area contributed by atoms with Gasteiger partial charge in [0, 0.05) is 18.9 Å². The molecule has 2 aromatic heterocycles. The third kappa shape index (κ3) is 4.02. The summed E-state index contributed by atoms with van der Waals surface area (Å²) in [6.45, 7) is 1.76. The normalized spacial score (nSPS) is 26.2. The van der Waals surface area contributed by atoms with Crippen LogP contribution in [-0.4, -0.2) is 60.0 Å². The third-order valence-electron chi connectivity index (χ3n) is 6.06. The van der Waals surface area contributed by atoms with Crippen molar-refractivity contribution < 1.29 is 28.5 Å². The number of nitrogens with one attached hydrogen (secondary N) is 1. The molecule has 178 valence electrons. The average molecular weight is 472 g/mol. The van der Waals surface area contributed by atoms with Gasteiger partial charge in [-0.1, -0.05) is 12.1 Å². The Morgan fingerprint density at radius 3 is 2.59 bits per heavy atom. The molecule has 10 nitrogen and oxygen atoms in total. The van der Waals surface area contributed by atoms with Gasteiger partial charge >= 0.3 is 0 Å². The summed E-state index contributed by atoms with van der Waals surface area (Å²) in [6, 6.07) is 8.38. The highest BCUT2D eigenvalue weighted by Crippen LogP contribution is 2.41. The largest absolute Gasteiger partial charge is 0.471 e. The van der Waals surface area contributed by atoms with E-state index in [9.17, 15) is 19.0 Å². The Kier molecular flexibility index (Phi) is 5.55. The summed E-state index contributed by atoms with van der Waals surface area (Å²) in [5.41, 5.74) is 1.82. The average Bonchev–Trinajstić information content (AvgIpc) is 3.28. The second-order valence-corrected chi connectivity index (χ2v) is 8.57. The van der Waals surface area contributed by atoms with Gasteiger partial charge in [-0.25, -0.2) is 18.7 Å². The number of nitriles is 1. The van der Waals surface area contributed by atoms with Crippen LogP contribution in [0.5, 0.6) is 5.88 Å². The summed E-state index contributed by atoms with van der Waals surface area (Å²) in [5, 5.41) is 32.7. The van der Waals surface area contributed by atoms with Gasteiger partial charge < -0.3 is 25.0 Å². The van der Waals surface area contributed by atoms with Gasteiger partial charge in [0.25, 0.3) is 5.92 Å². The minimum Gasteiger partial charge on any atom is -0.471 e. The lowest BCUT2D eigenvalue weighted by molar-refractivity contribution is -0.0798. The Hall–Kier alpha value is -3.40. The van der Waals surface area contributed by atoms with Crippen molar-refractivity contribution in [2.75, 3.05) is 5.32 Å². The van der Waals surface area contributed by atoms with Gasteiger partial charge in [0.05, 0.1) is 17.7 Å². The van der Waals surface area contributed by atoms with Crippen molar-refractivity contribution in [2.24, 2.45) is 0 Å². The fourth-order valence-corrected chi connectivity index (χ4v) is 4.15. The molecule has 1 aliphatic carbocycles. The van der Waals surface area contributed by atoms with E-state index in [1.807, 2.05) is 6.07 Å². The Morgan fingerprint density at radius 1 is 1.24 bits per heavy atom. The number of aromatic nitrogens is 4. The van der Waals surface area contributed by atoms with Gasteiger partial charge in [-0.15, -0.1) is 0 Å². The van der Waals surface area contributed by atoms with Crippen LogP contribution in [0.25, 0.3) is 11.2 Å². The molecule has 0 bridgehead atoms. The Morgan fingerprint density at radius 2 is 1.97 bits per heavy atom. The molecule has 34 heavy (non-hydrogen) atoms. The maximum absolute atomic E-state index is 13.4. The van der Waals surface area contributed by atoms with E-state index in [1.165, 1.54) is 10.9 Å². The van der Waals surface area contributed by atoms with Crippen LogP contribution in [0.1, 0.15) is 37.1 Å². The van der Waals surface area contributed by atoms with Crippen molar-refractivity contribution in [2.45, 2.75) is 62.9 Å². The molecule has 12 heteroatoms. The molecule has 0 amide bonds. The maximum Gasteiger partial charge on any atom is 0.252 e. The summed E-state index contributed by atoms with van der Waals surface area (Å²) in [7, 11) is 0. The molecule has 1 aromatic carbocycles. The van der Waals surface area contributed by atoms with Crippen molar-refractivity contribution in [3.05, 3.63) is 41.7 Å². The smallest absolute Gasteiger partial charge is 0.252 e. The highest BCUT2D eigenvalue weighted by molar-refractivity contribution is 5.79. The summed E-state index contributed by atoms with van der Waals surface area (Å²) < 4.78 is 39.9. The molecule has 0 radical (unpaired) electrons. The Balaban J connectivity index is 1.48. The maximum atomic E-state index is 13.4. The minimum absolute atomic E-state index is 0.139. The molecule has 4 atom stereocenters. The molecular formula is C22H22F2N6O4. The van der Waals surface area contributed by atoms with E-state index in [0.29, 0.717) is 5.56 Å². The van der Waals surface area contributed by atoms with Gasteiger partial charge in [0.15, 0.2) is 17.4 Å². The summed E-state index contributed by atoms with van der Waals surface area (Å²) in [4.78, 5) is 12.9. The minimum atomic E-state index is -2.74. The molecule has 3 heterocycles. The molecule has 0 spiro atoms. The lowest BCUT2D eigenvalue weighted by atomic mass is 9.88. The summed E-state index contributed by atoms with van der Waals surface area (Å²) >= 11 is 0. The zero-order chi connectivity index (χ0) is 24.0. The van der Waals surface area contributed by atoms with E-state index in [4.69, 9.17) is 14.7 Å². The highest BCUT2D eigenvalue weighted by Gasteiger charge is 2.47. The number of fused-ring (bicyclic) bond motifs is 1. The third-order valence-corrected chi connectivity index (χ3v) is 6.06. The number of halogens is 2. The number of anilines is 1. The zero-order valence-corrected chi connectivity index (χ0v) is 18.1. The van der Waals surface area contributed by atoms with Crippen LogP contribution in [0.4, 0.5) is 14.7 Å². The fraction of sp³-hybridized carbons (Fsp3) is 0.455. The van der Waals surface area contributed by atoms with Crippen molar-refractivity contribution in [3.8, 4) is 11.9 Å². The number of hydrogen-bond donors (Lipinski definition) is 3. The van der Waals surface area contributed by atoms with E-state index in [2.05, 4.69) is 20.3 Å². The SMILES string of the molecule is C[C@H]1O[C@@H](n2c(NC3CC(F)(F)C3)nc3c(OCc4ccc(C#N)cc4)ncnc32)[C@H](O)[C@@H]1O. The summed E-state index contributed by atoms with van der Waals surface area (Å²) in [5.74, 6) is -2.43. The Labute approximate surface area is 192 Å². The molecule has 1 saturated heterocycles. The number of alkyl halides is 2. The lowest BCUT2D eigenvalue weighted by Gasteiger charge is -2.35. The zero-order valence-electron chi connectivity index (χ0n) is 18.1. The van der Waals surface area contributed by atoms with E-state index >= 15 is 0 Å². The van der Waals surface area contributed by atoms with Crippen LogP contribution in [-0.2, 0) is 11.3 Å². The van der Waals surface area contributed by atoms with Gasteiger partial charge in [-0.3, -0.25) is 4.57 Å². The van der Waals surface area contributed by atoms with Crippen molar-refractivity contribution >= 4 is 17.1 Å². The Bertz CT molecular complexity index is 1240. The molecule has 2 fully saturated rings. The second kappa shape index (κ2) is 8.43. The van der Waals surface area contributed by atoms with Crippen LogP contribution < -0.4 is 10.1 Å². The molecule has 5 rings (SSSR count). The number of imidazole rings is 1. The quantitative estimate of drug-likeness (QED) is 0.492. The van der Waals surface area contributed by atoms with E-state index in [-0.39, 0.29) is 42.4 Å². The number of aliphatic hydroxyl groups is 2. The van der Waals surface area contributed by atoms with E-state index in [0.717, 1.165) is 5.56 Å². The van der Waals surface area contributed by atoms with Crippen LogP contribution in [0.3, 0.4) is 0 Å². The first-order valence-electron chi connectivity index (χ1n) is 10.8. The van der Waals surface area contributed by atoms with Crippen LogP contribution in [0, 0.1) is 11.3 Å². The topological polar surface area (TPSA) is 138 Å². The van der Waals surface area contributed by atoms with Gasteiger partial charge in [0.2, 0.25) is 11.8 Å². The van der Waals surface area contributed by atoms with Crippen molar-refractivity contribution in [1.29, 1.82) is 5.26 Å². The second-order valence-electron chi connectivity index (χ2n) is 8.57. The van der Waals surface area contributed by atoms with Gasteiger partial charge in [0.1, 0.15) is 25.1 Å². The van der Waals surface area contributed by atoms with Crippen LogP contribution in [0.2, 0.25) is 0 Å². The predicted octanol–water partition coefficient (Wildman–Crippen LogP) is 2.13. The molecular weight excluding hydrogens is 450 g/mol. The van der Waals surface area contributed by atoms with E-state index in [1.54, 1.807) is 31.2 Å². The first-order valence-corrected chi connectivity index (χ1v) is 10.8. The fourth-order valence-electron chi connectivity index (χ4n) is 4.15. The number of ether oxygens (including phenoxy) is 2. The van der Waals surface area contributed by atoms with E-state index < -0.39 is 36.5 Å². The molecule has 1 saturated carbocycles. The summed E-state index contributed by atoms with van der Waals surface area (Å²) in [6.07, 6.45) is -3.57. The lowest BCUT2D eigenvalue weighted by Crippen LogP contribution is -2.45. The molecule has 3 N–H and O–H groups in total. The standard InChI is InChI=1S/C22H22F2N6O4/c1-11-16(31)17(32)20(34-11)30-18-15(29-21(30)28-14-6-22(23,24)7-14)19(27-10-26-18)33-9-13-4-2-12(8-25)3-5-13/h2-5,10-11,14,16-17,20,31-32H,6-7,9H2,1H3,(H,28,29)/t11-,16-,17-,20-/m1/s1. The van der Waals surface area contributed by atoms with Crippen molar-refractivity contribution in [1.82, 2.24) is 19.5 Å². The van der Waals surface area contributed by atoms with Crippen LogP contribution in [0.15, 0.2) is 30.6 Å².